The van der Waals surface area contributed by atoms with E-state index in [1.165, 1.54) is 6.07 Å². The topological polar surface area (TPSA) is 91.6 Å². The van der Waals surface area contributed by atoms with Crippen LogP contribution < -0.4 is 25.2 Å². The summed E-state index contributed by atoms with van der Waals surface area (Å²) in [6, 6.07) is 8.71. The Hall–Kier alpha value is -3.99. The van der Waals surface area contributed by atoms with Gasteiger partial charge in [-0.15, -0.1) is 0 Å². The summed E-state index contributed by atoms with van der Waals surface area (Å²) in [6.45, 7) is 8.56. The Labute approximate surface area is 212 Å². The van der Waals surface area contributed by atoms with Crippen LogP contribution in [0.3, 0.4) is 0 Å². The number of halogens is 2. The van der Waals surface area contributed by atoms with Crippen molar-refractivity contribution >= 4 is 34.4 Å². The molecule has 0 amide bonds. The van der Waals surface area contributed by atoms with E-state index in [2.05, 4.69) is 30.5 Å². The molecule has 0 radical (unpaired) electrons. The van der Waals surface area contributed by atoms with Gasteiger partial charge < -0.3 is 29.6 Å². The van der Waals surface area contributed by atoms with Crippen LogP contribution >= 0.6 is 0 Å². The molecule has 2 aliphatic heterocycles. The Kier molecular flexibility index (Phi) is 5.99. The summed E-state index contributed by atoms with van der Waals surface area (Å²) in [5, 5.41) is 7.21. The predicted octanol–water partition coefficient (Wildman–Crippen LogP) is 4.32. The molecule has 0 bridgehead atoms. The van der Waals surface area contributed by atoms with E-state index in [1.54, 1.807) is 12.1 Å². The van der Waals surface area contributed by atoms with Crippen LogP contribution in [0.4, 0.5) is 32.1 Å². The van der Waals surface area contributed by atoms with Gasteiger partial charge in [0.1, 0.15) is 18.1 Å². The SMILES string of the molecule is CC(C)N1CCOc2c(F)cc(-c3nc(Nc4ccc5cc(N6CCNCC6)oc5n4)ncc3F)cc21. The summed E-state index contributed by atoms with van der Waals surface area (Å²) < 4.78 is 41.3. The van der Waals surface area contributed by atoms with Crippen LogP contribution in [0.1, 0.15) is 13.8 Å². The highest BCUT2D eigenvalue weighted by Gasteiger charge is 2.26. The summed E-state index contributed by atoms with van der Waals surface area (Å²) in [4.78, 5) is 17.1. The maximum Gasteiger partial charge on any atom is 0.230 e. The number of piperazine rings is 1. The lowest BCUT2D eigenvalue weighted by atomic mass is 10.1. The molecule has 0 spiro atoms. The van der Waals surface area contributed by atoms with E-state index >= 15 is 0 Å². The van der Waals surface area contributed by atoms with Crippen LogP contribution in [0.5, 0.6) is 5.75 Å². The molecule has 0 saturated carbocycles. The highest BCUT2D eigenvalue weighted by molar-refractivity contribution is 5.80. The maximum atomic E-state index is 15.0. The van der Waals surface area contributed by atoms with Gasteiger partial charge in [-0.05, 0) is 38.1 Å². The van der Waals surface area contributed by atoms with Crippen LogP contribution in [-0.4, -0.2) is 60.3 Å². The molecule has 0 atom stereocenters. The van der Waals surface area contributed by atoms with E-state index in [4.69, 9.17) is 9.15 Å². The zero-order chi connectivity index (χ0) is 25.5. The van der Waals surface area contributed by atoms with Crippen molar-refractivity contribution in [2.24, 2.45) is 0 Å². The fourth-order valence-electron chi connectivity index (χ4n) is 4.73. The number of nitrogens with one attached hydrogen (secondary N) is 2. The first kappa shape index (κ1) is 23.4. The van der Waals surface area contributed by atoms with Gasteiger partial charge in [0, 0.05) is 49.2 Å². The molecule has 5 heterocycles. The Morgan fingerprint density at radius 1 is 1.03 bits per heavy atom. The van der Waals surface area contributed by atoms with Crippen LogP contribution in [0, 0.1) is 11.6 Å². The molecule has 1 saturated heterocycles. The number of benzene rings is 1. The Bertz CT molecular complexity index is 1450. The summed E-state index contributed by atoms with van der Waals surface area (Å²) in [7, 11) is 0. The molecule has 3 aromatic heterocycles. The van der Waals surface area contributed by atoms with Crippen molar-refractivity contribution in [3.63, 3.8) is 0 Å². The fourth-order valence-corrected chi connectivity index (χ4v) is 4.73. The summed E-state index contributed by atoms with van der Waals surface area (Å²) in [6.07, 6.45) is 1.06. The smallest absolute Gasteiger partial charge is 0.230 e. The third-order valence-electron chi connectivity index (χ3n) is 6.59. The number of anilines is 4. The third kappa shape index (κ3) is 4.50. The monoisotopic (exact) mass is 507 g/mol. The third-order valence-corrected chi connectivity index (χ3v) is 6.59. The lowest BCUT2D eigenvalue weighted by Gasteiger charge is -2.34. The van der Waals surface area contributed by atoms with Crippen molar-refractivity contribution in [3.05, 3.63) is 48.2 Å². The van der Waals surface area contributed by atoms with Crippen molar-refractivity contribution < 1.29 is 17.9 Å². The molecule has 11 heteroatoms. The molecule has 0 aliphatic carbocycles. The van der Waals surface area contributed by atoms with Crippen molar-refractivity contribution in [2.75, 3.05) is 54.4 Å². The predicted molar refractivity (Wildman–Crippen MR) is 138 cm³/mol. The summed E-state index contributed by atoms with van der Waals surface area (Å²) in [5.41, 5.74) is 1.33. The van der Waals surface area contributed by atoms with Crippen molar-refractivity contribution in [3.8, 4) is 17.0 Å². The van der Waals surface area contributed by atoms with E-state index < -0.39 is 11.6 Å². The molecule has 4 aromatic rings. The molecule has 6 rings (SSSR count). The molecule has 9 nitrogen and oxygen atoms in total. The van der Waals surface area contributed by atoms with Gasteiger partial charge in [0.15, 0.2) is 23.3 Å². The minimum Gasteiger partial charge on any atom is -0.486 e. The number of fused-ring (bicyclic) bond motifs is 2. The molecular weight excluding hydrogens is 480 g/mol. The van der Waals surface area contributed by atoms with E-state index in [9.17, 15) is 8.78 Å². The molecule has 1 fully saturated rings. The van der Waals surface area contributed by atoms with Gasteiger partial charge in [-0.2, -0.15) is 4.98 Å². The Balaban J connectivity index is 1.30. The van der Waals surface area contributed by atoms with Crippen molar-refractivity contribution in [1.29, 1.82) is 0 Å². The Morgan fingerprint density at radius 3 is 2.68 bits per heavy atom. The standard InChI is InChI=1S/C26H27F2N7O2/c1-15(2)35-9-10-36-24-18(27)11-17(12-20(24)35)23-19(28)14-30-26(33-23)32-21-4-3-16-13-22(37-25(16)31-21)34-7-5-29-6-8-34/h3-4,11-15,29H,5-10H2,1-2H3,(H,30,31,32,33). The van der Waals surface area contributed by atoms with Crippen LogP contribution in [0.15, 0.2) is 40.9 Å². The molecule has 2 N–H and O–H groups in total. The number of nitrogens with zero attached hydrogens (tertiary/aromatic N) is 5. The number of pyridine rings is 1. The molecule has 0 unspecified atom stereocenters. The maximum absolute atomic E-state index is 15.0. The van der Waals surface area contributed by atoms with E-state index in [0.717, 1.165) is 43.6 Å². The average molecular weight is 508 g/mol. The molecule has 37 heavy (non-hydrogen) atoms. The Morgan fingerprint density at radius 2 is 1.86 bits per heavy atom. The number of rotatable bonds is 5. The molecule has 2 aliphatic rings. The highest BCUT2D eigenvalue weighted by atomic mass is 19.1. The normalized spacial score (nSPS) is 15.7. The van der Waals surface area contributed by atoms with Gasteiger partial charge in [0.05, 0.1) is 18.4 Å². The van der Waals surface area contributed by atoms with Crippen molar-refractivity contribution in [1.82, 2.24) is 20.3 Å². The second-order valence-corrected chi connectivity index (χ2v) is 9.37. The van der Waals surface area contributed by atoms with E-state index in [0.29, 0.717) is 35.9 Å². The van der Waals surface area contributed by atoms with Crippen LogP contribution in [0.25, 0.3) is 22.4 Å². The zero-order valence-corrected chi connectivity index (χ0v) is 20.6. The lowest BCUT2D eigenvalue weighted by molar-refractivity contribution is 0.287. The van der Waals surface area contributed by atoms with Crippen LogP contribution in [0.2, 0.25) is 0 Å². The first-order valence-corrected chi connectivity index (χ1v) is 12.4. The molecule has 192 valence electrons. The number of furan rings is 1. The minimum atomic E-state index is -0.659. The number of aromatic nitrogens is 3. The molecule has 1 aromatic carbocycles. The van der Waals surface area contributed by atoms with E-state index in [1.807, 2.05) is 30.9 Å². The lowest BCUT2D eigenvalue weighted by Crippen LogP contribution is -2.43. The second kappa shape index (κ2) is 9.47. The quantitative estimate of drug-likeness (QED) is 0.410. The van der Waals surface area contributed by atoms with Gasteiger partial charge in [-0.3, -0.25) is 0 Å². The minimum absolute atomic E-state index is 0.0199. The highest BCUT2D eigenvalue weighted by Crippen LogP contribution is 2.39. The summed E-state index contributed by atoms with van der Waals surface area (Å²) in [5.74, 6) is 0.306. The number of hydrogen-bond donors (Lipinski definition) is 2. The average Bonchev–Trinajstić information content (AvgIpc) is 3.33. The number of hydrogen-bond acceptors (Lipinski definition) is 9. The van der Waals surface area contributed by atoms with Gasteiger partial charge in [0.25, 0.3) is 0 Å². The largest absolute Gasteiger partial charge is 0.486 e. The summed E-state index contributed by atoms with van der Waals surface area (Å²) >= 11 is 0. The fraction of sp³-hybridized carbons (Fsp3) is 0.346. The van der Waals surface area contributed by atoms with Gasteiger partial charge >= 0.3 is 0 Å². The first-order valence-electron chi connectivity index (χ1n) is 12.4. The van der Waals surface area contributed by atoms with Gasteiger partial charge in [0.2, 0.25) is 11.7 Å². The zero-order valence-electron chi connectivity index (χ0n) is 20.6. The number of ether oxygens (including phenoxy) is 1. The van der Waals surface area contributed by atoms with Gasteiger partial charge in [-0.1, -0.05) is 0 Å². The first-order chi connectivity index (χ1) is 18.0. The van der Waals surface area contributed by atoms with Crippen LogP contribution in [-0.2, 0) is 0 Å². The van der Waals surface area contributed by atoms with Gasteiger partial charge in [-0.25, -0.2) is 18.7 Å². The van der Waals surface area contributed by atoms with E-state index in [-0.39, 0.29) is 23.4 Å². The second-order valence-electron chi connectivity index (χ2n) is 9.37. The molecular formula is C26H27F2N7O2. The van der Waals surface area contributed by atoms with Crippen molar-refractivity contribution in [2.45, 2.75) is 19.9 Å².